The molecule has 4 rings (SSSR count). The van der Waals surface area contributed by atoms with Gasteiger partial charge in [0.15, 0.2) is 0 Å². The Hall–Kier alpha value is -2.00. The van der Waals surface area contributed by atoms with Crippen LogP contribution in [0.5, 0.6) is 0 Å². The molecule has 0 saturated heterocycles. The molecule has 2 aromatic carbocycles. The summed E-state index contributed by atoms with van der Waals surface area (Å²) < 4.78 is 2.27. The molecule has 0 unspecified atom stereocenters. The SMILES string of the molecule is Cc1cccc(-c2nc3cccc(Cl)c3n2C2CC2)c1N. The summed E-state index contributed by atoms with van der Waals surface area (Å²) >= 11 is 6.41. The lowest BCUT2D eigenvalue weighted by Crippen LogP contribution is -2.01. The monoisotopic (exact) mass is 297 g/mol. The van der Waals surface area contributed by atoms with Crippen molar-refractivity contribution < 1.29 is 0 Å². The fraction of sp³-hybridized carbons (Fsp3) is 0.235. The first-order chi connectivity index (χ1) is 10.2. The summed E-state index contributed by atoms with van der Waals surface area (Å²) in [4.78, 5) is 4.81. The second kappa shape index (κ2) is 4.50. The first-order valence-electron chi connectivity index (χ1n) is 7.18. The second-order valence-electron chi connectivity index (χ2n) is 5.68. The van der Waals surface area contributed by atoms with Gasteiger partial charge in [-0.2, -0.15) is 0 Å². The van der Waals surface area contributed by atoms with Crippen LogP contribution in [0.15, 0.2) is 36.4 Å². The molecular weight excluding hydrogens is 282 g/mol. The van der Waals surface area contributed by atoms with Crippen molar-refractivity contribution >= 4 is 28.3 Å². The van der Waals surface area contributed by atoms with Gasteiger partial charge in [0.05, 0.1) is 16.1 Å². The van der Waals surface area contributed by atoms with Crippen molar-refractivity contribution in [2.45, 2.75) is 25.8 Å². The minimum Gasteiger partial charge on any atom is -0.398 e. The zero-order valence-electron chi connectivity index (χ0n) is 11.8. The van der Waals surface area contributed by atoms with Crippen molar-refractivity contribution in [3.05, 3.63) is 47.0 Å². The molecule has 2 N–H and O–H groups in total. The van der Waals surface area contributed by atoms with E-state index < -0.39 is 0 Å². The Morgan fingerprint density at radius 2 is 1.95 bits per heavy atom. The number of aryl methyl sites for hydroxylation is 1. The molecule has 4 heteroatoms. The van der Waals surface area contributed by atoms with E-state index in [0.29, 0.717) is 6.04 Å². The molecule has 21 heavy (non-hydrogen) atoms. The summed E-state index contributed by atoms with van der Waals surface area (Å²) in [6.07, 6.45) is 2.35. The van der Waals surface area contributed by atoms with Crippen molar-refractivity contribution in [2.75, 3.05) is 5.73 Å². The lowest BCUT2D eigenvalue weighted by molar-refractivity contribution is 0.775. The summed E-state index contributed by atoms with van der Waals surface area (Å²) in [6, 6.07) is 12.5. The smallest absolute Gasteiger partial charge is 0.143 e. The highest BCUT2D eigenvalue weighted by Crippen LogP contribution is 2.43. The largest absolute Gasteiger partial charge is 0.398 e. The summed E-state index contributed by atoms with van der Waals surface area (Å²) in [7, 11) is 0. The molecule has 0 amide bonds. The Bertz CT molecular complexity index is 847. The van der Waals surface area contributed by atoms with Crippen LogP contribution in [-0.4, -0.2) is 9.55 Å². The molecule has 0 aliphatic heterocycles. The van der Waals surface area contributed by atoms with Crippen LogP contribution in [0.25, 0.3) is 22.4 Å². The van der Waals surface area contributed by atoms with Gasteiger partial charge in [-0.25, -0.2) is 4.98 Å². The van der Waals surface area contributed by atoms with Gasteiger partial charge in [0, 0.05) is 17.3 Å². The van der Waals surface area contributed by atoms with Gasteiger partial charge in [-0.05, 0) is 43.5 Å². The fourth-order valence-corrected chi connectivity index (χ4v) is 3.12. The summed E-state index contributed by atoms with van der Waals surface area (Å²) in [5.74, 6) is 0.932. The molecule has 3 aromatic rings. The van der Waals surface area contributed by atoms with Gasteiger partial charge in [0.1, 0.15) is 5.82 Å². The Kier molecular flexibility index (Phi) is 2.73. The molecule has 1 aromatic heterocycles. The average molecular weight is 298 g/mol. The minimum absolute atomic E-state index is 0.491. The number of benzene rings is 2. The molecule has 0 bridgehead atoms. The van der Waals surface area contributed by atoms with Gasteiger partial charge >= 0.3 is 0 Å². The van der Waals surface area contributed by atoms with Gasteiger partial charge in [-0.15, -0.1) is 0 Å². The van der Waals surface area contributed by atoms with E-state index in [9.17, 15) is 0 Å². The maximum Gasteiger partial charge on any atom is 0.143 e. The van der Waals surface area contributed by atoms with Crippen molar-refractivity contribution in [3.8, 4) is 11.4 Å². The predicted octanol–water partition coefficient (Wildman–Crippen LogP) is 4.58. The van der Waals surface area contributed by atoms with Crippen molar-refractivity contribution in [2.24, 2.45) is 0 Å². The maximum atomic E-state index is 6.41. The molecule has 1 aliphatic rings. The standard InChI is InChI=1S/C17H16ClN3/c1-10-4-2-5-12(15(10)19)17-20-14-7-3-6-13(18)16(14)21(17)11-8-9-11/h2-7,11H,8-9,19H2,1H3. The zero-order valence-corrected chi connectivity index (χ0v) is 12.6. The van der Waals surface area contributed by atoms with Gasteiger partial charge < -0.3 is 10.3 Å². The highest BCUT2D eigenvalue weighted by atomic mass is 35.5. The summed E-state index contributed by atoms with van der Waals surface area (Å²) in [5.41, 5.74) is 11.1. The number of nitrogens with two attached hydrogens (primary N) is 1. The van der Waals surface area contributed by atoms with Crippen molar-refractivity contribution in [3.63, 3.8) is 0 Å². The van der Waals surface area contributed by atoms with Crippen LogP contribution in [0.1, 0.15) is 24.4 Å². The first-order valence-corrected chi connectivity index (χ1v) is 7.56. The van der Waals surface area contributed by atoms with Gasteiger partial charge in [-0.1, -0.05) is 29.8 Å². The van der Waals surface area contributed by atoms with Gasteiger partial charge in [0.25, 0.3) is 0 Å². The normalized spacial score (nSPS) is 14.8. The number of rotatable bonds is 2. The van der Waals surface area contributed by atoms with E-state index in [-0.39, 0.29) is 0 Å². The number of fused-ring (bicyclic) bond motifs is 1. The van der Waals surface area contributed by atoms with Crippen LogP contribution in [0.2, 0.25) is 5.02 Å². The van der Waals surface area contributed by atoms with Crippen LogP contribution in [0, 0.1) is 6.92 Å². The number of aromatic nitrogens is 2. The highest BCUT2D eigenvalue weighted by Gasteiger charge is 2.30. The van der Waals surface area contributed by atoms with Crippen LogP contribution in [0.4, 0.5) is 5.69 Å². The van der Waals surface area contributed by atoms with E-state index in [1.54, 1.807) is 0 Å². The van der Waals surface area contributed by atoms with Crippen LogP contribution < -0.4 is 5.73 Å². The molecule has 0 spiro atoms. The molecule has 1 aliphatic carbocycles. The molecular formula is C17H16ClN3. The third-order valence-electron chi connectivity index (χ3n) is 4.14. The topological polar surface area (TPSA) is 43.8 Å². The van der Waals surface area contributed by atoms with E-state index in [1.165, 1.54) is 12.8 Å². The van der Waals surface area contributed by atoms with E-state index in [4.69, 9.17) is 22.3 Å². The van der Waals surface area contributed by atoms with Crippen LogP contribution >= 0.6 is 11.6 Å². The number of halogens is 1. The summed E-state index contributed by atoms with van der Waals surface area (Å²) in [5, 5.41) is 0.754. The number of hydrogen-bond donors (Lipinski definition) is 1. The molecule has 106 valence electrons. The fourth-order valence-electron chi connectivity index (χ4n) is 2.86. The van der Waals surface area contributed by atoms with Gasteiger partial charge in [0.2, 0.25) is 0 Å². The van der Waals surface area contributed by atoms with E-state index in [2.05, 4.69) is 4.57 Å². The first kappa shape index (κ1) is 12.7. The van der Waals surface area contributed by atoms with Gasteiger partial charge in [-0.3, -0.25) is 0 Å². The van der Waals surface area contributed by atoms with Crippen molar-refractivity contribution in [1.82, 2.24) is 9.55 Å². The third kappa shape index (κ3) is 1.92. The number of hydrogen-bond acceptors (Lipinski definition) is 2. The Labute approximate surface area is 128 Å². The van der Waals surface area contributed by atoms with Crippen LogP contribution in [-0.2, 0) is 0 Å². The predicted molar refractivity (Wildman–Crippen MR) is 87.6 cm³/mol. The number of para-hydroxylation sites is 2. The highest BCUT2D eigenvalue weighted by molar-refractivity contribution is 6.35. The quantitative estimate of drug-likeness (QED) is 0.703. The number of anilines is 1. The second-order valence-corrected chi connectivity index (χ2v) is 6.09. The maximum absolute atomic E-state index is 6.41. The lowest BCUT2D eigenvalue weighted by Gasteiger charge is -2.11. The Morgan fingerprint density at radius 1 is 1.19 bits per heavy atom. The lowest BCUT2D eigenvalue weighted by atomic mass is 10.1. The minimum atomic E-state index is 0.491. The Balaban J connectivity index is 2.07. The molecule has 3 nitrogen and oxygen atoms in total. The Morgan fingerprint density at radius 3 is 2.71 bits per heavy atom. The third-order valence-corrected chi connectivity index (χ3v) is 4.44. The molecule has 1 saturated carbocycles. The number of nitrogen functional groups attached to an aromatic ring is 1. The summed E-state index contributed by atoms with van der Waals surface area (Å²) in [6.45, 7) is 2.02. The molecule has 1 heterocycles. The number of nitrogens with zero attached hydrogens (tertiary/aromatic N) is 2. The van der Waals surface area contributed by atoms with E-state index in [1.807, 2.05) is 43.3 Å². The van der Waals surface area contributed by atoms with Crippen LogP contribution in [0.3, 0.4) is 0 Å². The molecule has 0 atom stereocenters. The number of imidazole rings is 1. The average Bonchev–Trinajstić information content (AvgIpc) is 3.23. The zero-order chi connectivity index (χ0) is 14.6. The molecule has 1 fully saturated rings. The molecule has 0 radical (unpaired) electrons. The van der Waals surface area contributed by atoms with Crippen molar-refractivity contribution in [1.29, 1.82) is 0 Å². The van der Waals surface area contributed by atoms with E-state index >= 15 is 0 Å². The van der Waals surface area contributed by atoms with E-state index in [0.717, 1.165) is 38.7 Å².